The lowest BCUT2D eigenvalue weighted by Gasteiger charge is -2.19. The molecule has 0 aromatic heterocycles. The summed E-state index contributed by atoms with van der Waals surface area (Å²) >= 11 is 0. The van der Waals surface area contributed by atoms with Crippen LogP contribution in [0.5, 0.6) is 0 Å². The van der Waals surface area contributed by atoms with Gasteiger partial charge in [-0.2, -0.15) is 0 Å². The number of hydrogen-bond donors (Lipinski definition) is 2. The molecule has 1 aliphatic carbocycles. The van der Waals surface area contributed by atoms with Crippen molar-refractivity contribution in [1.82, 2.24) is 10.6 Å². The topological polar surface area (TPSA) is 58.2 Å². The third kappa shape index (κ3) is 8.47. The summed E-state index contributed by atoms with van der Waals surface area (Å²) < 4.78 is 27.0. The Hall–Kier alpha value is -2.68. The summed E-state index contributed by atoms with van der Waals surface area (Å²) in [5.74, 6) is 0.613. The summed E-state index contributed by atoms with van der Waals surface area (Å²) in [4.78, 5) is 24.9. The third-order valence-electron chi connectivity index (χ3n) is 4.96. The van der Waals surface area contributed by atoms with Crippen LogP contribution in [0.2, 0.25) is 0 Å². The van der Waals surface area contributed by atoms with Crippen LogP contribution in [0.25, 0.3) is 0 Å². The molecule has 0 bridgehead atoms. The number of allylic oxidation sites excluding steroid dienone is 1. The third-order valence-corrected chi connectivity index (χ3v) is 4.96. The first kappa shape index (κ1) is 22.6. The van der Waals surface area contributed by atoms with E-state index >= 15 is 0 Å². The van der Waals surface area contributed by atoms with Gasteiger partial charge in [-0.1, -0.05) is 25.3 Å². The number of hydrogen-bond acceptors (Lipinski definition) is 2. The van der Waals surface area contributed by atoms with Gasteiger partial charge in [0.15, 0.2) is 0 Å². The molecule has 1 aliphatic rings. The monoisotopic (exact) mass is 402 g/mol. The van der Waals surface area contributed by atoms with E-state index in [9.17, 15) is 18.4 Å². The van der Waals surface area contributed by atoms with E-state index in [1.54, 1.807) is 0 Å². The normalized spacial score (nSPS) is 15.6. The predicted octanol–water partition coefficient (Wildman–Crippen LogP) is 3.66. The summed E-state index contributed by atoms with van der Waals surface area (Å²) in [6.07, 6.45) is 15.3. The molecule has 1 aromatic carbocycles. The van der Waals surface area contributed by atoms with Gasteiger partial charge in [-0.05, 0) is 49.0 Å². The Morgan fingerprint density at radius 1 is 1.17 bits per heavy atom. The van der Waals surface area contributed by atoms with Crippen molar-refractivity contribution in [2.75, 3.05) is 6.54 Å². The molecule has 0 heterocycles. The van der Waals surface area contributed by atoms with Gasteiger partial charge in [0.25, 0.3) is 0 Å². The first-order valence-corrected chi connectivity index (χ1v) is 10.1. The maximum Gasteiger partial charge on any atom is 0.244 e. The van der Waals surface area contributed by atoms with Crippen LogP contribution >= 0.6 is 0 Å². The summed E-state index contributed by atoms with van der Waals surface area (Å²) in [6, 6.07) is 2.15. The van der Waals surface area contributed by atoms with E-state index in [-0.39, 0.29) is 6.42 Å². The molecule has 0 spiro atoms. The van der Waals surface area contributed by atoms with Crippen LogP contribution in [0.1, 0.15) is 50.5 Å². The van der Waals surface area contributed by atoms with E-state index < -0.39 is 29.5 Å². The molecule has 156 valence electrons. The Kier molecular flexibility index (Phi) is 9.36. The van der Waals surface area contributed by atoms with Gasteiger partial charge in [0.1, 0.15) is 17.7 Å². The van der Waals surface area contributed by atoms with Gasteiger partial charge in [0.2, 0.25) is 11.8 Å². The highest BCUT2D eigenvalue weighted by molar-refractivity contribution is 5.93. The highest BCUT2D eigenvalue weighted by Gasteiger charge is 2.21. The second-order valence-corrected chi connectivity index (χ2v) is 7.40. The van der Waals surface area contributed by atoms with Gasteiger partial charge >= 0.3 is 0 Å². The predicted molar refractivity (Wildman–Crippen MR) is 109 cm³/mol. The number of carbonyl (C=O) groups is 2. The zero-order valence-corrected chi connectivity index (χ0v) is 16.6. The van der Waals surface area contributed by atoms with Crippen molar-refractivity contribution in [3.63, 3.8) is 0 Å². The highest BCUT2D eigenvalue weighted by atomic mass is 19.1. The lowest BCUT2D eigenvalue weighted by atomic mass is 9.89. The van der Waals surface area contributed by atoms with Gasteiger partial charge in [-0.25, -0.2) is 8.78 Å². The first-order valence-electron chi connectivity index (χ1n) is 10.1. The molecule has 4 nitrogen and oxygen atoms in total. The maximum atomic E-state index is 13.5. The van der Waals surface area contributed by atoms with Crippen LogP contribution in [-0.2, 0) is 16.0 Å². The first-order chi connectivity index (χ1) is 14.0. The fourth-order valence-electron chi connectivity index (χ4n) is 3.47. The fraction of sp³-hybridized carbons (Fsp3) is 0.478. The maximum absolute atomic E-state index is 13.5. The Morgan fingerprint density at radius 3 is 2.52 bits per heavy atom. The number of halogens is 2. The van der Waals surface area contributed by atoms with Gasteiger partial charge in [0.05, 0.1) is 0 Å². The molecule has 1 aromatic rings. The van der Waals surface area contributed by atoms with Crippen molar-refractivity contribution in [2.24, 2.45) is 5.92 Å². The second-order valence-electron chi connectivity index (χ2n) is 7.40. The van der Waals surface area contributed by atoms with Gasteiger partial charge < -0.3 is 10.6 Å². The molecule has 29 heavy (non-hydrogen) atoms. The van der Waals surface area contributed by atoms with Crippen molar-refractivity contribution in [1.29, 1.82) is 0 Å². The Balaban J connectivity index is 2.02. The van der Waals surface area contributed by atoms with Crippen molar-refractivity contribution in [3.8, 4) is 12.3 Å². The standard InChI is InChI=1S/C23H28F2N2O2/c1-2-3-7-12-26-23(29)21(15-18-13-19(24)16-20(25)14-18)27-22(28)11-10-17-8-5-4-6-9-17/h1,10-11,13-14,16-17,21H,3-9,12,15H2,(H,26,29)(H,27,28)/b11-10+/t21-/m0/s1. The average molecular weight is 402 g/mol. The number of rotatable bonds is 9. The van der Waals surface area contributed by atoms with Crippen LogP contribution in [0.3, 0.4) is 0 Å². The minimum atomic E-state index is -0.939. The van der Waals surface area contributed by atoms with Crippen molar-refractivity contribution < 1.29 is 18.4 Å². The van der Waals surface area contributed by atoms with E-state index in [0.717, 1.165) is 43.9 Å². The van der Waals surface area contributed by atoms with E-state index in [1.807, 2.05) is 6.08 Å². The average Bonchev–Trinajstić information content (AvgIpc) is 2.69. The van der Waals surface area contributed by atoms with Crippen LogP contribution in [0.15, 0.2) is 30.4 Å². The number of carbonyl (C=O) groups excluding carboxylic acids is 2. The molecule has 0 unspecified atom stereocenters. The molecule has 1 saturated carbocycles. The largest absolute Gasteiger partial charge is 0.354 e. The number of nitrogens with one attached hydrogen (secondary N) is 2. The lowest BCUT2D eigenvalue weighted by molar-refractivity contribution is -0.127. The number of benzene rings is 1. The molecule has 1 fully saturated rings. The van der Waals surface area contributed by atoms with Crippen molar-refractivity contribution in [2.45, 2.75) is 57.4 Å². The number of terminal acetylenes is 1. The molecule has 0 saturated heterocycles. The van der Waals surface area contributed by atoms with Crippen molar-refractivity contribution in [3.05, 3.63) is 47.5 Å². The Morgan fingerprint density at radius 2 is 1.86 bits per heavy atom. The minimum Gasteiger partial charge on any atom is -0.354 e. The van der Waals surface area contributed by atoms with Crippen LogP contribution < -0.4 is 10.6 Å². The van der Waals surface area contributed by atoms with Gasteiger partial charge in [0, 0.05) is 25.5 Å². The quantitative estimate of drug-likeness (QED) is 0.376. The van der Waals surface area contributed by atoms with Gasteiger partial charge in [-0.15, -0.1) is 12.3 Å². The van der Waals surface area contributed by atoms with E-state index in [1.165, 1.54) is 12.5 Å². The Labute approximate surface area is 171 Å². The van der Waals surface area contributed by atoms with E-state index in [2.05, 4.69) is 16.6 Å². The summed E-state index contributed by atoms with van der Waals surface area (Å²) in [6.45, 7) is 0.366. The molecule has 1 atom stereocenters. The van der Waals surface area contributed by atoms with Crippen LogP contribution in [0.4, 0.5) is 8.78 Å². The zero-order valence-electron chi connectivity index (χ0n) is 16.6. The van der Waals surface area contributed by atoms with Gasteiger partial charge in [-0.3, -0.25) is 9.59 Å². The lowest BCUT2D eigenvalue weighted by Crippen LogP contribution is -2.47. The second kappa shape index (κ2) is 12.0. The van der Waals surface area contributed by atoms with E-state index in [4.69, 9.17) is 6.42 Å². The molecule has 2 amide bonds. The molecular weight excluding hydrogens is 374 g/mol. The zero-order chi connectivity index (χ0) is 21.1. The summed E-state index contributed by atoms with van der Waals surface area (Å²) in [5, 5.41) is 5.38. The van der Waals surface area contributed by atoms with Crippen molar-refractivity contribution >= 4 is 11.8 Å². The summed E-state index contributed by atoms with van der Waals surface area (Å²) in [5.41, 5.74) is 0.294. The molecule has 0 radical (unpaired) electrons. The number of amides is 2. The van der Waals surface area contributed by atoms with Crippen LogP contribution in [-0.4, -0.2) is 24.4 Å². The van der Waals surface area contributed by atoms with Crippen LogP contribution in [0, 0.1) is 29.9 Å². The van der Waals surface area contributed by atoms with E-state index in [0.29, 0.717) is 30.9 Å². The number of unbranched alkanes of at least 4 members (excludes halogenated alkanes) is 1. The smallest absolute Gasteiger partial charge is 0.244 e. The molecule has 6 heteroatoms. The molecular formula is C23H28F2N2O2. The molecule has 2 N–H and O–H groups in total. The SMILES string of the molecule is C#CCCCNC(=O)[C@H](Cc1cc(F)cc(F)c1)NC(=O)/C=C/C1CCCCC1. The molecule has 0 aliphatic heterocycles. The molecule has 2 rings (SSSR count). The minimum absolute atomic E-state index is 0.0152. The fourth-order valence-corrected chi connectivity index (χ4v) is 3.47. The highest BCUT2D eigenvalue weighted by Crippen LogP contribution is 2.24. The Bertz CT molecular complexity index is 744. The summed E-state index contributed by atoms with van der Waals surface area (Å²) in [7, 11) is 0.